The van der Waals surface area contributed by atoms with Gasteiger partial charge < -0.3 is 25.3 Å². The van der Waals surface area contributed by atoms with E-state index in [2.05, 4.69) is 5.32 Å². The highest BCUT2D eigenvalue weighted by atomic mass is 35.5. The predicted molar refractivity (Wildman–Crippen MR) is 92.9 cm³/mol. The molecule has 1 unspecified atom stereocenters. The van der Waals surface area contributed by atoms with Crippen LogP contribution in [0.3, 0.4) is 0 Å². The van der Waals surface area contributed by atoms with Crippen LogP contribution in [0.15, 0.2) is 12.1 Å². The standard InChI is InChI=1S/C16H26N2O4.ClH/c1-11(9-17)10-18-15(19)6-5-12-7-13(20-2)16(22-4)14(8-12)21-3;/h7-8,11H,5-6,9-10,17H2,1-4H3,(H,18,19);1H. The average molecular weight is 347 g/mol. The highest BCUT2D eigenvalue weighted by Gasteiger charge is 2.14. The first-order valence-corrected chi connectivity index (χ1v) is 7.31. The van der Waals surface area contributed by atoms with Crippen LogP contribution in [0.5, 0.6) is 17.2 Å². The number of methoxy groups -OCH3 is 3. The normalized spacial score (nSPS) is 11.2. The molecule has 0 aliphatic heterocycles. The second kappa shape index (κ2) is 11.0. The molecule has 1 aromatic rings. The van der Waals surface area contributed by atoms with Gasteiger partial charge in [-0.1, -0.05) is 6.92 Å². The summed E-state index contributed by atoms with van der Waals surface area (Å²) in [4.78, 5) is 11.8. The second-order valence-corrected chi connectivity index (χ2v) is 5.18. The molecule has 23 heavy (non-hydrogen) atoms. The number of hydrogen-bond donors (Lipinski definition) is 2. The van der Waals surface area contributed by atoms with E-state index in [4.69, 9.17) is 19.9 Å². The van der Waals surface area contributed by atoms with Crippen LogP contribution < -0.4 is 25.3 Å². The molecule has 0 bridgehead atoms. The molecule has 6 nitrogen and oxygen atoms in total. The van der Waals surface area contributed by atoms with Gasteiger partial charge in [0, 0.05) is 13.0 Å². The third-order valence-electron chi connectivity index (χ3n) is 3.42. The molecule has 7 heteroatoms. The molecule has 0 saturated heterocycles. The maximum Gasteiger partial charge on any atom is 0.220 e. The van der Waals surface area contributed by atoms with Gasteiger partial charge in [0.2, 0.25) is 11.7 Å². The molecule has 0 heterocycles. The van der Waals surface area contributed by atoms with E-state index in [1.807, 2.05) is 19.1 Å². The Hall–Kier alpha value is -1.66. The van der Waals surface area contributed by atoms with Crippen molar-refractivity contribution in [3.63, 3.8) is 0 Å². The molecule has 132 valence electrons. The van der Waals surface area contributed by atoms with Gasteiger partial charge in [-0.25, -0.2) is 0 Å². The largest absolute Gasteiger partial charge is 0.493 e. The molecule has 3 N–H and O–H groups in total. The Morgan fingerprint density at radius 1 is 1.17 bits per heavy atom. The lowest BCUT2D eigenvalue weighted by Gasteiger charge is -2.14. The van der Waals surface area contributed by atoms with Gasteiger partial charge in [-0.15, -0.1) is 12.4 Å². The number of ether oxygens (including phenoxy) is 3. The first-order valence-electron chi connectivity index (χ1n) is 7.31. The fraction of sp³-hybridized carbons (Fsp3) is 0.562. The van der Waals surface area contributed by atoms with Gasteiger partial charge in [-0.3, -0.25) is 4.79 Å². The third-order valence-corrected chi connectivity index (χ3v) is 3.42. The Bertz CT molecular complexity index is 472. The Labute approximate surface area is 144 Å². The van der Waals surface area contributed by atoms with E-state index in [1.54, 1.807) is 21.3 Å². The maximum atomic E-state index is 11.8. The first kappa shape index (κ1) is 21.3. The molecule has 1 atom stereocenters. The summed E-state index contributed by atoms with van der Waals surface area (Å²) in [6.45, 7) is 3.16. The van der Waals surface area contributed by atoms with Gasteiger partial charge in [0.15, 0.2) is 11.5 Å². The van der Waals surface area contributed by atoms with E-state index in [1.165, 1.54) is 0 Å². The van der Waals surface area contributed by atoms with Crippen LogP contribution >= 0.6 is 12.4 Å². The Balaban J connectivity index is 0.00000484. The lowest BCUT2D eigenvalue weighted by molar-refractivity contribution is -0.121. The molecule has 0 radical (unpaired) electrons. The molecule has 0 aliphatic carbocycles. The highest BCUT2D eigenvalue weighted by molar-refractivity contribution is 5.85. The monoisotopic (exact) mass is 346 g/mol. The number of aryl methyl sites for hydroxylation is 1. The second-order valence-electron chi connectivity index (χ2n) is 5.18. The zero-order valence-electron chi connectivity index (χ0n) is 14.2. The summed E-state index contributed by atoms with van der Waals surface area (Å²) in [5.41, 5.74) is 6.48. The number of carbonyl (C=O) groups excluding carboxylic acids is 1. The van der Waals surface area contributed by atoms with Gasteiger partial charge in [-0.2, -0.15) is 0 Å². The van der Waals surface area contributed by atoms with Crippen molar-refractivity contribution >= 4 is 18.3 Å². The Morgan fingerprint density at radius 3 is 2.17 bits per heavy atom. The minimum absolute atomic E-state index is 0. The zero-order chi connectivity index (χ0) is 16.5. The number of rotatable bonds is 9. The number of hydrogen-bond acceptors (Lipinski definition) is 5. The van der Waals surface area contributed by atoms with Gasteiger partial charge in [0.05, 0.1) is 21.3 Å². The molecule has 0 aliphatic rings. The molecule has 1 amide bonds. The number of benzene rings is 1. The fourth-order valence-corrected chi connectivity index (χ4v) is 2.00. The molecular weight excluding hydrogens is 320 g/mol. The van der Waals surface area contributed by atoms with E-state index >= 15 is 0 Å². The first-order chi connectivity index (χ1) is 10.5. The van der Waals surface area contributed by atoms with Crippen molar-refractivity contribution in [1.82, 2.24) is 5.32 Å². The SMILES string of the molecule is COc1cc(CCC(=O)NCC(C)CN)cc(OC)c1OC.Cl. The van der Waals surface area contributed by atoms with Crippen LogP contribution in [0, 0.1) is 5.92 Å². The summed E-state index contributed by atoms with van der Waals surface area (Å²) >= 11 is 0. The zero-order valence-corrected chi connectivity index (χ0v) is 15.0. The molecule has 1 aromatic carbocycles. The van der Waals surface area contributed by atoms with E-state index in [-0.39, 0.29) is 24.2 Å². The number of nitrogens with one attached hydrogen (secondary N) is 1. The smallest absolute Gasteiger partial charge is 0.220 e. The van der Waals surface area contributed by atoms with Crippen LogP contribution in [0.25, 0.3) is 0 Å². The van der Waals surface area contributed by atoms with Crippen molar-refractivity contribution in [3.05, 3.63) is 17.7 Å². The van der Waals surface area contributed by atoms with Crippen LogP contribution in [-0.2, 0) is 11.2 Å². The van der Waals surface area contributed by atoms with Crippen molar-refractivity contribution in [2.75, 3.05) is 34.4 Å². The van der Waals surface area contributed by atoms with Crippen molar-refractivity contribution in [3.8, 4) is 17.2 Å². The topological polar surface area (TPSA) is 82.8 Å². The average Bonchev–Trinajstić information content (AvgIpc) is 2.56. The molecule has 0 fully saturated rings. The van der Waals surface area contributed by atoms with Crippen LogP contribution in [-0.4, -0.2) is 40.3 Å². The molecular formula is C16H27ClN2O4. The summed E-state index contributed by atoms with van der Waals surface area (Å²) in [5.74, 6) is 2.03. The number of halogens is 1. The van der Waals surface area contributed by atoms with Gasteiger partial charge in [0.1, 0.15) is 0 Å². The quantitative estimate of drug-likeness (QED) is 0.712. The van der Waals surface area contributed by atoms with Gasteiger partial charge in [-0.05, 0) is 36.6 Å². The van der Waals surface area contributed by atoms with Crippen LogP contribution in [0.1, 0.15) is 18.9 Å². The summed E-state index contributed by atoms with van der Waals surface area (Å²) in [6.07, 6.45) is 0.996. The van der Waals surface area contributed by atoms with E-state index in [0.29, 0.717) is 43.2 Å². The fourth-order valence-electron chi connectivity index (χ4n) is 2.00. The van der Waals surface area contributed by atoms with E-state index < -0.39 is 0 Å². The predicted octanol–water partition coefficient (Wildman–Crippen LogP) is 1.78. The molecule has 0 aromatic heterocycles. The van der Waals surface area contributed by atoms with E-state index in [0.717, 1.165) is 5.56 Å². The maximum absolute atomic E-state index is 11.8. The van der Waals surface area contributed by atoms with Crippen molar-refractivity contribution < 1.29 is 19.0 Å². The Morgan fingerprint density at radius 2 is 1.74 bits per heavy atom. The minimum atomic E-state index is 0. The third kappa shape index (κ3) is 6.54. The van der Waals surface area contributed by atoms with Crippen molar-refractivity contribution in [2.45, 2.75) is 19.8 Å². The van der Waals surface area contributed by atoms with Gasteiger partial charge >= 0.3 is 0 Å². The summed E-state index contributed by atoms with van der Waals surface area (Å²) < 4.78 is 15.9. The van der Waals surface area contributed by atoms with E-state index in [9.17, 15) is 4.79 Å². The Kier molecular flexibility index (Phi) is 10.2. The summed E-state index contributed by atoms with van der Waals surface area (Å²) in [5, 5.41) is 2.88. The van der Waals surface area contributed by atoms with Crippen LogP contribution in [0.4, 0.5) is 0 Å². The molecule has 0 saturated carbocycles. The lowest BCUT2D eigenvalue weighted by atomic mass is 10.1. The van der Waals surface area contributed by atoms with Crippen LogP contribution in [0.2, 0.25) is 0 Å². The number of carbonyl (C=O) groups is 1. The lowest BCUT2D eigenvalue weighted by Crippen LogP contribution is -2.31. The minimum Gasteiger partial charge on any atom is -0.493 e. The molecule has 0 spiro atoms. The molecule has 1 rings (SSSR count). The number of nitrogens with two attached hydrogens (primary N) is 1. The van der Waals surface area contributed by atoms with Crippen molar-refractivity contribution in [1.29, 1.82) is 0 Å². The van der Waals surface area contributed by atoms with Gasteiger partial charge in [0.25, 0.3) is 0 Å². The highest BCUT2D eigenvalue weighted by Crippen LogP contribution is 2.38. The number of amides is 1. The van der Waals surface area contributed by atoms with Crippen molar-refractivity contribution in [2.24, 2.45) is 11.7 Å². The summed E-state index contributed by atoms with van der Waals surface area (Å²) in [6, 6.07) is 3.72. The summed E-state index contributed by atoms with van der Waals surface area (Å²) in [7, 11) is 4.70.